The molecule has 1 aromatic rings. The van der Waals surface area contributed by atoms with Crippen molar-refractivity contribution in [2.45, 2.75) is 16.1 Å². The van der Waals surface area contributed by atoms with Crippen molar-refractivity contribution in [1.29, 1.82) is 0 Å². The van der Waals surface area contributed by atoms with Crippen LogP contribution >= 0.6 is 31.9 Å². The van der Waals surface area contributed by atoms with Crippen molar-refractivity contribution in [1.82, 2.24) is 0 Å². The molecule has 2 saturated carbocycles. The maximum absolute atomic E-state index is 12.9. The zero-order valence-corrected chi connectivity index (χ0v) is 15.0. The van der Waals surface area contributed by atoms with E-state index in [-0.39, 0.29) is 56.4 Å². The molecule has 4 rings (SSSR count). The summed E-state index contributed by atoms with van der Waals surface area (Å²) in [5.41, 5.74) is -0.0131. The molecule has 0 N–H and O–H groups in total. The Labute approximate surface area is 149 Å². The summed E-state index contributed by atoms with van der Waals surface area (Å²) >= 11 is 7.25. The highest BCUT2D eigenvalue weighted by atomic mass is 79.9. The summed E-state index contributed by atoms with van der Waals surface area (Å²) in [6, 6.07) is 6.01. The average Bonchev–Trinajstić information content (AvgIpc) is 3.12. The fourth-order valence-corrected chi connectivity index (χ4v) is 6.30. The lowest BCUT2D eigenvalue weighted by Gasteiger charge is -2.28. The highest BCUT2D eigenvalue weighted by Crippen LogP contribution is 2.60. The van der Waals surface area contributed by atoms with E-state index in [0.717, 1.165) is 11.3 Å². The molecule has 23 heavy (non-hydrogen) atoms. The molecule has 5 nitrogen and oxygen atoms in total. The molecular formula is C16H12Br2NO4-. The fraction of sp³-hybridized carbons (Fsp3) is 0.438. The normalized spacial score (nSPS) is 38.3. The van der Waals surface area contributed by atoms with Crippen LogP contribution in [0.1, 0.15) is 16.8 Å². The summed E-state index contributed by atoms with van der Waals surface area (Å²) < 4.78 is 0. The standard InChI is InChI=1S/C16H13Br2NO4/c17-12-7-5-8(13(12)18)11-10(7)14(20)19(15(11)21)9-4-2-1-3-6(9)16(22)23/h1-4,7-8,10-13H,5H2,(H,22,23)/p-1/t7-,8+,10+,11-,12+,13-. The Morgan fingerprint density at radius 3 is 2.09 bits per heavy atom. The minimum absolute atomic E-state index is 0.103. The van der Waals surface area contributed by atoms with Gasteiger partial charge in [0.05, 0.1) is 23.5 Å². The number of para-hydroxylation sites is 1. The Kier molecular flexibility index (Phi) is 3.43. The van der Waals surface area contributed by atoms with E-state index in [0.29, 0.717) is 0 Å². The van der Waals surface area contributed by atoms with Gasteiger partial charge in [-0.05, 0) is 24.3 Å². The van der Waals surface area contributed by atoms with Crippen molar-refractivity contribution in [2.24, 2.45) is 23.7 Å². The predicted octanol–water partition coefficient (Wildman–Crippen LogP) is 1.33. The van der Waals surface area contributed by atoms with Crippen LogP contribution in [0.25, 0.3) is 0 Å². The fourth-order valence-electron chi connectivity index (χ4n) is 4.43. The third kappa shape index (κ3) is 1.92. The summed E-state index contributed by atoms with van der Waals surface area (Å²) in [5, 5.41) is 11.3. The van der Waals surface area contributed by atoms with Crippen LogP contribution in [0, 0.1) is 23.7 Å². The van der Waals surface area contributed by atoms with Gasteiger partial charge in [0.15, 0.2) is 0 Å². The number of hydrogen-bond donors (Lipinski definition) is 0. The zero-order chi connectivity index (χ0) is 16.5. The van der Waals surface area contributed by atoms with Crippen LogP contribution in [0.3, 0.4) is 0 Å². The topological polar surface area (TPSA) is 77.5 Å². The molecule has 3 aliphatic rings. The molecule has 2 amide bonds. The molecule has 1 heterocycles. The van der Waals surface area contributed by atoms with E-state index in [1.807, 2.05) is 0 Å². The lowest BCUT2D eigenvalue weighted by atomic mass is 9.81. The number of carboxylic acids is 1. The number of carbonyl (C=O) groups excluding carboxylic acids is 3. The molecule has 0 spiro atoms. The molecule has 0 radical (unpaired) electrons. The van der Waals surface area contributed by atoms with Crippen molar-refractivity contribution < 1.29 is 19.5 Å². The second-order valence-corrected chi connectivity index (χ2v) is 8.43. The second kappa shape index (κ2) is 5.14. The Balaban J connectivity index is 1.78. The molecule has 6 atom stereocenters. The van der Waals surface area contributed by atoms with Gasteiger partial charge in [0.25, 0.3) is 0 Å². The van der Waals surface area contributed by atoms with E-state index < -0.39 is 5.97 Å². The Morgan fingerprint density at radius 2 is 1.57 bits per heavy atom. The van der Waals surface area contributed by atoms with E-state index in [9.17, 15) is 19.5 Å². The van der Waals surface area contributed by atoms with Crippen LogP contribution in [-0.4, -0.2) is 27.4 Å². The number of rotatable bonds is 2. The van der Waals surface area contributed by atoms with E-state index in [4.69, 9.17) is 0 Å². The van der Waals surface area contributed by atoms with E-state index in [2.05, 4.69) is 31.9 Å². The maximum atomic E-state index is 12.9. The summed E-state index contributed by atoms with van der Waals surface area (Å²) in [4.78, 5) is 38.4. The number of carbonyl (C=O) groups is 3. The van der Waals surface area contributed by atoms with Crippen molar-refractivity contribution in [3.05, 3.63) is 29.8 Å². The number of alkyl halides is 2. The van der Waals surface area contributed by atoms with E-state index in [1.165, 1.54) is 12.1 Å². The first-order valence-corrected chi connectivity index (χ1v) is 9.23. The number of carboxylic acid groups (broad SMARTS) is 1. The van der Waals surface area contributed by atoms with Gasteiger partial charge in [0.2, 0.25) is 11.8 Å². The molecule has 0 aromatic heterocycles. The van der Waals surface area contributed by atoms with Crippen molar-refractivity contribution >= 4 is 55.3 Å². The number of halogens is 2. The number of amides is 2. The van der Waals surface area contributed by atoms with Gasteiger partial charge < -0.3 is 9.90 Å². The van der Waals surface area contributed by atoms with Crippen LogP contribution < -0.4 is 10.0 Å². The number of imide groups is 1. The zero-order valence-electron chi connectivity index (χ0n) is 11.8. The number of nitrogens with zero attached hydrogens (tertiary/aromatic N) is 1. The third-order valence-electron chi connectivity index (χ3n) is 5.35. The second-order valence-electron chi connectivity index (χ2n) is 6.32. The molecule has 3 fully saturated rings. The Bertz CT molecular complexity index is 705. The van der Waals surface area contributed by atoms with Crippen LogP contribution in [0.15, 0.2) is 24.3 Å². The van der Waals surface area contributed by atoms with Crippen LogP contribution in [-0.2, 0) is 9.59 Å². The van der Waals surface area contributed by atoms with Crippen molar-refractivity contribution in [3.63, 3.8) is 0 Å². The molecule has 0 unspecified atom stereocenters. The molecule has 120 valence electrons. The van der Waals surface area contributed by atoms with Gasteiger partial charge >= 0.3 is 0 Å². The molecule has 2 aliphatic carbocycles. The first-order valence-electron chi connectivity index (χ1n) is 7.39. The van der Waals surface area contributed by atoms with Gasteiger partial charge in [-0.15, -0.1) is 0 Å². The lowest BCUT2D eigenvalue weighted by Crippen LogP contribution is -2.37. The van der Waals surface area contributed by atoms with Gasteiger partial charge in [-0.2, -0.15) is 0 Å². The number of benzene rings is 1. The molecule has 2 bridgehead atoms. The number of anilines is 1. The minimum atomic E-state index is -1.39. The van der Waals surface area contributed by atoms with Gasteiger partial charge in [0, 0.05) is 15.2 Å². The average molecular weight is 442 g/mol. The Hall–Kier alpha value is -1.21. The third-order valence-corrected chi connectivity index (χ3v) is 8.56. The quantitative estimate of drug-likeness (QED) is 0.512. The summed E-state index contributed by atoms with van der Waals surface area (Å²) in [6.07, 6.45) is 0.842. The summed E-state index contributed by atoms with van der Waals surface area (Å²) in [7, 11) is 0. The summed E-state index contributed by atoms with van der Waals surface area (Å²) in [6.45, 7) is 0. The van der Waals surface area contributed by atoms with E-state index >= 15 is 0 Å². The molecule has 1 aliphatic heterocycles. The van der Waals surface area contributed by atoms with Crippen LogP contribution in [0.5, 0.6) is 0 Å². The molecular weight excluding hydrogens is 430 g/mol. The molecule has 1 saturated heterocycles. The van der Waals surface area contributed by atoms with E-state index in [1.54, 1.807) is 12.1 Å². The number of fused-ring (bicyclic) bond motifs is 5. The van der Waals surface area contributed by atoms with Crippen LogP contribution in [0.2, 0.25) is 0 Å². The van der Waals surface area contributed by atoms with Gasteiger partial charge in [-0.25, -0.2) is 4.90 Å². The smallest absolute Gasteiger partial charge is 0.238 e. The monoisotopic (exact) mass is 440 g/mol. The number of aromatic carboxylic acids is 1. The number of hydrogen-bond acceptors (Lipinski definition) is 4. The predicted molar refractivity (Wildman–Crippen MR) is 87.3 cm³/mol. The first kappa shape index (κ1) is 15.3. The van der Waals surface area contributed by atoms with Gasteiger partial charge in [-0.3, -0.25) is 9.59 Å². The highest BCUT2D eigenvalue weighted by molar-refractivity contribution is 9.12. The Morgan fingerprint density at radius 1 is 1.04 bits per heavy atom. The van der Waals surface area contributed by atoms with Gasteiger partial charge in [0.1, 0.15) is 0 Å². The maximum Gasteiger partial charge on any atom is 0.238 e. The SMILES string of the molecule is O=C([O-])c1ccccc1N1C(=O)[C@@H]2[C@@H]3C[C@@H]([C@H](Br)[C@@H]3Br)[C@@H]2C1=O. The molecule has 1 aromatic carbocycles. The minimum Gasteiger partial charge on any atom is -0.545 e. The largest absolute Gasteiger partial charge is 0.545 e. The van der Waals surface area contributed by atoms with Crippen molar-refractivity contribution in [2.75, 3.05) is 4.90 Å². The first-order chi connectivity index (χ1) is 10.9. The molecule has 7 heteroatoms. The van der Waals surface area contributed by atoms with Crippen molar-refractivity contribution in [3.8, 4) is 0 Å². The van der Waals surface area contributed by atoms with Crippen LogP contribution in [0.4, 0.5) is 5.69 Å². The summed E-state index contributed by atoms with van der Waals surface area (Å²) in [5.74, 6) is -2.48. The van der Waals surface area contributed by atoms with Gasteiger partial charge in [-0.1, -0.05) is 50.1 Å². The lowest BCUT2D eigenvalue weighted by molar-refractivity contribution is -0.254. The highest BCUT2D eigenvalue weighted by Gasteiger charge is 2.66.